The van der Waals surface area contributed by atoms with Crippen LogP contribution in [-0.2, 0) is 12.8 Å². The van der Waals surface area contributed by atoms with Gasteiger partial charge in [-0.2, -0.15) is 5.10 Å². The van der Waals surface area contributed by atoms with E-state index in [1.54, 1.807) is 10.7 Å². The first-order valence-electron chi connectivity index (χ1n) is 5.44. The van der Waals surface area contributed by atoms with Gasteiger partial charge >= 0.3 is 0 Å². The number of rotatable bonds is 3. The van der Waals surface area contributed by atoms with Gasteiger partial charge < -0.3 is 0 Å². The maximum Gasteiger partial charge on any atom is 0.153 e. The number of aryl methyl sites for hydroxylation is 2. The second kappa shape index (κ2) is 4.43. The lowest BCUT2D eigenvalue weighted by atomic mass is 10.2. The molecule has 0 amide bonds. The van der Waals surface area contributed by atoms with Gasteiger partial charge in [0.2, 0.25) is 0 Å². The molecule has 0 aliphatic rings. The van der Waals surface area contributed by atoms with Gasteiger partial charge in [0.1, 0.15) is 5.82 Å². The zero-order chi connectivity index (χ0) is 11.5. The molecule has 0 saturated heterocycles. The summed E-state index contributed by atoms with van der Waals surface area (Å²) in [7, 11) is 0. The maximum absolute atomic E-state index is 12.8. The highest BCUT2D eigenvalue weighted by Crippen LogP contribution is 2.12. The molecular weight excluding hydrogens is 205 g/mol. The van der Waals surface area contributed by atoms with E-state index in [1.165, 1.54) is 12.3 Å². The minimum atomic E-state index is -0.329. The summed E-state index contributed by atoms with van der Waals surface area (Å²) in [6.07, 6.45) is 2.98. The quantitative estimate of drug-likeness (QED) is 0.794. The Morgan fingerprint density at radius 3 is 2.62 bits per heavy atom. The molecule has 0 spiro atoms. The summed E-state index contributed by atoms with van der Waals surface area (Å²) >= 11 is 0. The summed E-state index contributed by atoms with van der Waals surface area (Å²) < 4.78 is 14.5. The smallest absolute Gasteiger partial charge is 0.153 e. The minimum Gasteiger partial charge on any atom is -0.234 e. The number of aromatic nitrogens is 3. The second-order valence-electron chi connectivity index (χ2n) is 3.58. The molecule has 0 saturated carbocycles. The molecule has 0 unspecified atom stereocenters. The molecule has 2 aromatic heterocycles. The number of halogens is 1. The van der Waals surface area contributed by atoms with Crippen molar-refractivity contribution in [3.63, 3.8) is 0 Å². The molecular formula is C12H14FN3. The van der Waals surface area contributed by atoms with Crippen LogP contribution in [0.15, 0.2) is 24.4 Å². The van der Waals surface area contributed by atoms with E-state index in [9.17, 15) is 4.39 Å². The highest BCUT2D eigenvalue weighted by molar-refractivity contribution is 5.26. The lowest BCUT2D eigenvalue weighted by Gasteiger charge is -2.03. The molecule has 2 heterocycles. The lowest BCUT2D eigenvalue weighted by molar-refractivity contribution is 0.618. The SMILES string of the molecule is CCc1cc(CC)n(-c2ccc(F)cn2)n1. The Labute approximate surface area is 93.9 Å². The third-order valence-electron chi connectivity index (χ3n) is 2.49. The molecule has 0 atom stereocenters. The molecule has 0 aliphatic heterocycles. The summed E-state index contributed by atoms with van der Waals surface area (Å²) in [6, 6.07) is 5.10. The van der Waals surface area contributed by atoms with Gasteiger partial charge in [-0.15, -0.1) is 0 Å². The van der Waals surface area contributed by atoms with Gasteiger partial charge in [-0.25, -0.2) is 14.1 Å². The zero-order valence-corrected chi connectivity index (χ0v) is 9.44. The van der Waals surface area contributed by atoms with Crippen LogP contribution in [0.3, 0.4) is 0 Å². The Kier molecular flexibility index (Phi) is 2.99. The van der Waals surface area contributed by atoms with Gasteiger partial charge in [0.25, 0.3) is 0 Å². The lowest BCUT2D eigenvalue weighted by Crippen LogP contribution is -2.03. The van der Waals surface area contributed by atoms with Crippen molar-refractivity contribution < 1.29 is 4.39 Å². The van der Waals surface area contributed by atoms with E-state index in [0.29, 0.717) is 5.82 Å². The Bertz CT molecular complexity index is 474. The van der Waals surface area contributed by atoms with E-state index in [0.717, 1.165) is 24.2 Å². The van der Waals surface area contributed by atoms with E-state index in [1.807, 2.05) is 0 Å². The number of hydrogen-bond donors (Lipinski definition) is 0. The van der Waals surface area contributed by atoms with Crippen LogP contribution in [0.25, 0.3) is 5.82 Å². The van der Waals surface area contributed by atoms with Crippen LogP contribution < -0.4 is 0 Å². The summed E-state index contributed by atoms with van der Waals surface area (Å²) in [4.78, 5) is 4.03. The van der Waals surface area contributed by atoms with Crippen LogP contribution in [0.4, 0.5) is 4.39 Å². The number of nitrogens with zero attached hydrogens (tertiary/aromatic N) is 3. The highest BCUT2D eigenvalue weighted by Gasteiger charge is 2.07. The molecule has 0 N–H and O–H groups in total. The molecule has 16 heavy (non-hydrogen) atoms. The fourth-order valence-corrected chi connectivity index (χ4v) is 1.59. The zero-order valence-electron chi connectivity index (χ0n) is 9.44. The average Bonchev–Trinajstić information content (AvgIpc) is 2.73. The fraction of sp³-hybridized carbons (Fsp3) is 0.333. The van der Waals surface area contributed by atoms with E-state index >= 15 is 0 Å². The topological polar surface area (TPSA) is 30.7 Å². The highest BCUT2D eigenvalue weighted by atomic mass is 19.1. The fourth-order valence-electron chi connectivity index (χ4n) is 1.59. The number of hydrogen-bond acceptors (Lipinski definition) is 2. The van der Waals surface area contributed by atoms with Crippen molar-refractivity contribution in [1.29, 1.82) is 0 Å². The van der Waals surface area contributed by atoms with Crippen molar-refractivity contribution in [2.24, 2.45) is 0 Å². The van der Waals surface area contributed by atoms with E-state index in [4.69, 9.17) is 0 Å². The summed E-state index contributed by atoms with van der Waals surface area (Å²) in [5, 5.41) is 4.43. The van der Waals surface area contributed by atoms with Crippen molar-refractivity contribution in [2.75, 3.05) is 0 Å². The van der Waals surface area contributed by atoms with Gasteiger partial charge in [0, 0.05) is 5.69 Å². The van der Waals surface area contributed by atoms with Crippen molar-refractivity contribution in [3.8, 4) is 5.82 Å². The summed E-state index contributed by atoms with van der Waals surface area (Å²) in [6.45, 7) is 4.13. The Hall–Kier alpha value is -1.71. The Morgan fingerprint density at radius 2 is 2.06 bits per heavy atom. The van der Waals surface area contributed by atoms with Crippen LogP contribution in [0.1, 0.15) is 25.2 Å². The molecule has 4 heteroatoms. The maximum atomic E-state index is 12.8. The van der Waals surface area contributed by atoms with Crippen molar-refractivity contribution in [1.82, 2.24) is 14.8 Å². The molecule has 0 radical (unpaired) electrons. The van der Waals surface area contributed by atoms with Gasteiger partial charge in [-0.1, -0.05) is 13.8 Å². The van der Waals surface area contributed by atoms with Crippen LogP contribution >= 0.6 is 0 Å². The summed E-state index contributed by atoms with van der Waals surface area (Å²) in [5.41, 5.74) is 2.12. The van der Waals surface area contributed by atoms with Crippen LogP contribution in [-0.4, -0.2) is 14.8 Å². The Balaban J connectivity index is 2.45. The first-order chi connectivity index (χ1) is 7.74. The van der Waals surface area contributed by atoms with Gasteiger partial charge in [0.15, 0.2) is 5.82 Å². The molecule has 2 aromatic rings. The van der Waals surface area contributed by atoms with E-state index in [-0.39, 0.29) is 5.82 Å². The Morgan fingerprint density at radius 1 is 1.25 bits per heavy atom. The predicted molar refractivity (Wildman–Crippen MR) is 60.1 cm³/mol. The first kappa shape index (κ1) is 10.8. The third kappa shape index (κ3) is 1.96. The van der Waals surface area contributed by atoms with E-state index in [2.05, 4.69) is 30.0 Å². The van der Waals surface area contributed by atoms with Gasteiger partial charge in [-0.3, -0.25) is 0 Å². The molecule has 0 fully saturated rings. The minimum absolute atomic E-state index is 0.329. The van der Waals surface area contributed by atoms with Crippen LogP contribution in [0, 0.1) is 5.82 Å². The normalized spacial score (nSPS) is 10.7. The molecule has 84 valence electrons. The number of pyridine rings is 1. The first-order valence-corrected chi connectivity index (χ1v) is 5.44. The predicted octanol–water partition coefficient (Wildman–Crippen LogP) is 2.53. The van der Waals surface area contributed by atoms with E-state index < -0.39 is 0 Å². The van der Waals surface area contributed by atoms with Crippen LogP contribution in [0.5, 0.6) is 0 Å². The molecule has 0 bridgehead atoms. The monoisotopic (exact) mass is 219 g/mol. The summed E-state index contributed by atoms with van der Waals surface area (Å²) in [5.74, 6) is 0.336. The molecule has 0 aliphatic carbocycles. The molecule has 2 rings (SSSR count). The van der Waals surface area contributed by atoms with Crippen molar-refractivity contribution in [2.45, 2.75) is 26.7 Å². The van der Waals surface area contributed by atoms with Crippen LogP contribution in [0.2, 0.25) is 0 Å². The molecule has 0 aromatic carbocycles. The van der Waals surface area contributed by atoms with Crippen molar-refractivity contribution in [3.05, 3.63) is 41.6 Å². The van der Waals surface area contributed by atoms with Gasteiger partial charge in [-0.05, 0) is 31.0 Å². The largest absolute Gasteiger partial charge is 0.234 e. The standard InChI is InChI=1S/C12H14FN3/c1-3-10-7-11(4-2)16(15-10)12-6-5-9(13)8-14-12/h5-8H,3-4H2,1-2H3. The second-order valence-corrected chi connectivity index (χ2v) is 3.58. The third-order valence-corrected chi connectivity index (χ3v) is 2.49. The molecule has 3 nitrogen and oxygen atoms in total. The van der Waals surface area contributed by atoms with Crippen molar-refractivity contribution >= 4 is 0 Å². The average molecular weight is 219 g/mol. The van der Waals surface area contributed by atoms with Gasteiger partial charge in [0.05, 0.1) is 11.9 Å².